The Balaban J connectivity index is 1.65. The van der Waals surface area contributed by atoms with Crippen molar-refractivity contribution < 1.29 is 19.4 Å². The van der Waals surface area contributed by atoms with Crippen molar-refractivity contribution in [2.24, 2.45) is 7.05 Å². The van der Waals surface area contributed by atoms with Crippen LogP contribution in [0.5, 0.6) is 23.3 Å². The molecule has 0 radical (unpaired) electrons. The standard InChI is InChI=1S/C29H41NO4Si/c1-17(2)35(18(3)4,19(5)6)34-20-10-11-21-24(16-20)33-29(14-8-9-15-29)23-13-12-22-26(25(21)23)28(32)30(7)27(22)31/h10-11,13,16-19,25,31-32H,8-9,12,14-15H2,1-7H3/t25-/m0/s1. The Kier molecular flexibility index (Phi) is 5.82. The van der Waals surface area contributed by atoms with E-state index in [0.29, 0.717) is 23.0 Å². The molecule has 0 saturated heterocycles. The number of allylic oxidation sites excluding steroid dienone is 1. The van der Waals surface area contributed by atoms with Crippen LogP contribution in [0.4, 0.5) is 0 Å². The number of rotatable bonds is 5. The van der Waals surface area contributed by atoms with Crippen LogP contribution in [0, 0.1) is 0 Å². The van der Waals surface area contributed by atoms with Gasteiger partial charge in [0, 0.05) is 35.7 Å². The first-order valence-electron chi connectivity index (χ1n) is 13.3. The van der Waals surface area contributed by atoms with E-state index in [2.05, 4.69) is 65.8 Å². The highest BCUT2D eigenvalue weighted by Gasteiger charge is 2.51. The third kappa shape index (κ3) is 3.39. The van der Waals surface area contributed by atoms with E-state index in [-0.39, 0.29) is 23.3 Å². The second kappa shape index (κ2) is 8.36. The highest BCUT2D eigenvalue weighted by molar-refractivity contribution is 6.78. The molecule has 2 heterocycles. The Labute approximate surface area is 210 Å². The van der Waals surface area contributed by atoms with Gasteiger partial charge in [0.05, 0.1) is 0 Å². The zero-order chi connectivity index (χ0) is 25.3. The SMILES string of the molecule is CC(C)[Si](Oc1ccc2c(c1)OC1(CCCC1)C1=CCc3c(c(O)n(C)c3O)[C@H]12)(C(C)C)C(C)C. The van der Waals surface area contributed by atoms with Crippen LogP contribution in [0.1, 0.15) is 89.8 Å². The maximum atomic E-state index is 11.1. The summed E-state index contributed by atoms with van der Waals surface area (Å²) in [6.45, 7) is 13.8. The van der Waals surface area contributed by atoms with Crippen LogP contribution in [0.25, 0.3) is 0 Å². The summed E-state index contributed by atoms with van der Waals surface area (Å²) in [4.78, 5) is 0. The first-order chi connectivity index (χ1) is 16.5. The highest BCUT2D eigenvalue weighted by Crippen LogP contribution is 2.59. The van der Waals surface area contributed by atoms with Gasteiger partial charge in [0.25, 0.3) is 8.32 Å². The minimum Gasteiger partial charge on any atom is -0.543 e. The van der Waals surface area contributed by atoms with E-state index in [1.807, 2.05) is 0 Å². The lowest BCUT2D eigenvalue weighted by Crippen LogP contribution is -2.50. The van der Waals surface area contributed by atoms with Gasteiger partial charge in [-0.05, 0) is 60.4 Å². The van der Waals surface area contributed by atoms with Crippen LogP contribution in [-0.4, -0.2) is 28.7 Å². The average molecular weight is 496 g/mol. The molecule has 2 aromatic rings. The summed E-state index contributed by atoms with van der Waals surface area (Å²) in [5.74, 6) is 1.96. The van der Waals surface area contributed by atoms with Crippen molar-refractivity contribution in [3.8, 4) is 23.3 Å². The molecule has 5 rings (SSSR count). The lowest BCUT2D eigenvalue weighted by molar-refractivity contribution is 0.0954. The Hall–Kier alpha value is -2.34. The Morgan fingerprint density at radius 1 is 1.00 bits per heavy atom. The first kappa shape index (κ1) is 24.4. The highest BCUT2D eigenvalue weighted by atomic mass is 28.4. The normalized spacial score (nSPS) is 20.6. The maximum Gasteiger partial charge on any atom is 0.258 e. The average Bonchev–Trinajstić information content (AvgIpc) is 3.36. The van der Waals surface area contributed by atoms with Crippen molar-refractivity contribution in [2.75, 3.05) is 0 Å². The molecule has 35 heavy (non-hydrogen) atoms. The largest absolute Gasteiger partial charge is 0.543 e. The van der Waals surface area contributed by atoms with Crippen LogP contribution < -0.4 is 9.16 Å². The molecule has 1 fully saturated rings. The molecule has 5 nitrogen and oxygen atoms in total. The number of benzene rings is 1. The molecule has 3 aliphatic rings. The minimum absolute atomic E-state index is 0.107. The zero-order valence-corrected chi connectivity index (χ0v) is 23.3. The summed E-state index contributed by atoms with van der Waals surface area (Å²) in [5, 5.41) is 21.8. The molecule has 190 valence electrons. The molecule has 2 aliphatic carbocycles. The number of nitrogens with zero attached hydrogens (tertiary/aromatic N) is 1. The van der Waals surface area contributed by atoms with Gasteiger partial charge in [0.1, 0.15) is 17.1 Å². The number of hydrogen-bond donors (Lipinski definition) is 2. The molecule has 0 bridgehead atoms. The van der Waals surface area contributed by atoms with Gasteiger partial charge in [-0.3, -0.25) is 4.57 Å². The summed E-state index contributed by atoms with van der Waals surface area (Å²) in [6, 6.07) is 6.33. The number of hydrogen-bond acceptors (Lipinski definition) is 4. The van der Waals surface area contributed by atoms with Crippen molar-refractivity contribution in [2.45, 2.75) is 102 Å². The molecule has 1 aliphatic heterocycles. The zero-order valence-electron chi connectivity index (χ0n) is 22.3. The van der Waals surface area contributed by atoms with Gasteiger partial charge in [0.2, 0.25) is 0 Å². The lowest BCUT2D eigenvalue weighted by Gasteiger charge is -2.45. The predicted octanol–water partition coefficient (Wildman–Crippen LogP) is 7.31. The molecule has 0 amide bonds. The molecule has 1 aromatic heterocycles. The Bertz CT molecular complexity index is 1150. The van der Waals surface area contributed by atoms with E-state index < -0.39 is 8.32 Å². The van der Waals surface area contributed by atoms with Gasteiger partial charge < -0.3 is 19.4 Å². The summed E-state index contributed by atoms with van der Waals surface area (Å²) in [6.07, 6.45) is 7.11. The number of aromatic nitrogens is 1. The van der Waals surface area contributed by atoms with E-state index in [1.54, 1.807) is 7.05 Å². The monoisotopic (exact) mass is 495 g/mol. The molecule has 6 heteroatoms. The van der Waals surface area contributed by atoms with Gasteiger partial charge >= 0.3 is 0 Å². The summed E-state index contributed by atoms with van der Waals surface area (Å²) in [7, 11) is -0.381. The fourth-order valence-corrected chi connectivity index (χ4v) is 12.8. The van der Waals surface area contributed by atoms with E-state index in [1.165, 1.54) is 10.1 Å². The van der Waals surface area contributed by atoms with E-state index in [0.717, 1.165) is 53.9 Å². The molecule has 1 atom stereocenters. The van der Waals surface area contributed by atoms with Crippen molar-refractivity contribution in [1.82, 2.24) is 4.57 Å². The fourth-order valence-electron chi connectivity index (χ4n) is 7.57. The molecule has 2 N–H and O–H groups in total. The van der Waals surface area contributed by atoms with Crippen LogP contribution in [-0.2, 0) is 13.5 Å². The van der Waals surface area contributed by atoms with E-state index in [4.69, 9.17) is 9.16 Å². The Morgan fingerprint density at radius 3 is 2.23 bits per heavy atom. The molecule has 0 unspecified atom stereocenters. The minimum atomic E-state index is -2.10. The molecule has 1 spiro atoms. The van der Waals surface area contributed by atoms with Gasteiger partial charge in [-0.1, -0.05) is 53.7 Å². The van der Waals surface area contributed by atoms with Crippen molar-refractivity contribution in [3.63, 3.8) is 0 Å². The van der Waals surface area contributed by atoms with E-state index >= 15 is 0 Å². The number of fused-ring (bicyclic) bond motifs is 6. The second-order valence-electron chi connectivity index (χ2n) is 11.8. The number of aromatic hydroxyl groups is 2. The topological polar surface area (TPSA) is 63.8 Å². The molecular weight excluding hydrogens is 454 g/mol. The van der Waals surface area contributed by atoms with Crippen LogP contribution in [0.2, 0.25) is 16.6 Å². The van der Waals surface area contributed by atoms with Crippen molar-refractivity contribution in [3.05, 3.63) is 46.5 Å². The molecule has 1 aromatic carbocycles. The Morgan fingerprint density at radius 2 is 1.63 bits per heavy atom. The fraction of sp³-hybridized carbons (Fsp3) is 0.586. The van der Waals surface area contributed by atoms with Crippen LogP contribution in [0.3, 0.4) is 0 Å². The lowest BCUT2D eigenvalue weighted by atomic mass is 9.70. The van der Waals surface area contributed by atoms with Gasteiger partial charge in [-0.2, -0.15) is 0 Å². The third-order valence-corrected chi connectivity index (χ3v) is 15.1. The predicted molar refractivity (Wildman–Crippen MR) is 142 cm³/mol. The van der Waals surface area contributed by atoms with E-state index in [9.17, 15) is 10.2 Å². The van der Waals surface area contributed by atoms with Crippen LogP contribution in [0.15, 0.2) is 29.8 Å². The van der Waals surface area contributed by atoms with Gasteiger partial charge in [-0.15, -0.1) is 0 Å². The molecule has 1 saturated carbocycles. The van der Waals surface area contributed by atoms with Gasteiger partial charge in [-0.25, -0.2) is 0 Å². The van der Waals surface area contributed by atoms with Crippen LogP contribution >= 0.6 is 0 Å². The summed E-state index contributed by atoms with van der Waals surface area (Å²) < 4.78 is 15.4. The van der Waals surface area contributed by atoms with Gasteiger partial charge in [0.15, 0.2) is 11.8 Å². The quantitative estimate of drug-likeness (QED) is 0.337. The van der Waals surface area contributed by atoms with Crippen molar-refractivity contribution in [1.29, 1.82) is 0 Å². The third-order valence-electron chi connectivity index (χ3n) is 9.14. The smallest absolute Gasteiger partial charge is 0.258 e. The summed E-state index contributed by atoms with van der Waals surface area (Å²) >= 11 is 0. The maximum absolute atomic E-state index is 11.1. The first-order valence-corrected chi connectivity index (χ1v) is 15.5. The second-order valence-corrected chi connectivity index (χ2v) is 17.2. The molecular formula is C29H41NO4Si. The summed E-state index contributed by atoms with van der Waals surface area (Å²) in [5.41, 5.74) is 5.08. The van der Waals surface area contributed by atoms with Crippen molar-refractivity contribution >= 4 is 8.32 Å². The number of ether oxygens (including phenoxy) is 1.